The predicted molar refractivity (Wildman–Crippen MR) is 255 cm³/mol. The number of para-hydroxylation sites is 2. The maximum absolute atomic E-state index is 2.34. The molecule has 0 N–H and O–H groups in total. The average molecular weight is 767 g/mol. The first-order valence-electron chi connectivity index (χ1n) is 20.5. The van der Waals surface area contributed by atoms with Gasteiger partial charge in [0.15, 0.2) is 0 Å². The second kappa shape index (κ2) is 16.5. The molecule has 0 saturated heterocycles. The molecule has 60 heavy (non-hydrogen) atoms. The summed E-state index contributed by atoms with van der Waals surface area (Å²) < 4.78 is 0. The minimum absolute atomic E-state index is 1.09. The number of hydrogen-bond donors (Lipinski definition) is 0. The average Bonchev–Trinajstić information content (AvgIpc) is 3.33. The summed E-state index contributed by atoms with van der Waals surface area (Å²) in [4.78, 5) is 4.68. The first kappa shape index (κ1) is 36.4. The highest BCUT2D eigenvalue weighted by Gasteiger charge is 2.20. The standard InChI is InChI=1S/C58H42N2/c1-5-19-45(20-6-1)57(47-31-35-53(36-32-47)59(51-25-9-3-10-26-51)55-39-29-43-17-13-15-23-49(43)41-55)58(46-21-7-2-8-22-46)48-33-37-54(38-34-48)60(52-27-11-4-12-28-52)56-40-30-44-18-14-16-24-50(44)42-56/h1-42H/b58-57+. The van der Waals surface area contributed by atoms with Crippen LogP contribution in [0.15, 0.2) is 255 Å². The highest BCUT2D eigenvalue weighted by molar-refractivity contribution is 6.05. The Hall–Kier alpha value is -7.94. The number of rotatable bonds is 10. The molecular formula is C58H42N2. The molecule has 0 aromatic heterocycles. The van der Waals surface area contributed by atoms with Crippen molar-refractivity contribution in [3.05, 3.63) is 277 Å². The van der Waals surface area contributed by atoms with Crippen LogP contribution in [0.2, 0.25) is 0 Å². The second-order valence-corrected chi connectivity index (χ2v) is 15.0. The van der Waals surface area contributed by atoms with Crippen molar-refractivity contribution >= 4 is 66.8 Å². The van der Waals surface area contributed by atoms with E-state index in [1.54, 1.807) is 0 Å². The van der Waals surface area contributed by atoms with Crippen LogP contribution in [0.3, 0.4) is 0 Å². The van der Waals surface area contributed by atoms with Crippen LogP contribution in [0.1, 0.15) is 22.3 Å². The molecule has 2 nitrogen and oxygen atoms in total. The minimum Gasteiger partial charge on any atom is -0.310 e. The van der Waals surface area contributed by atoms with Crippen molar-refractivity contribution in [2.45, 2.75) is 0 Å². The van der Waals surface area contributed by atoms with E-state index in [1.165, 1.54) is 32.7 Å². The normalized spacial score (nSPS) is 11.6. The molecule has 10 aromatic carbocycles. The van der Waals surface area contributed by atoms with Crippen molar-refractivity contribution in [2.24, 2.45) is 0 Å². The van der Waals surface area contributed by atoms with Gasteiger partial charge in [-0.1, -0.05) is 182 Å². The number of fused-ring (bicyclic) bond motifs is 2. The lowest BCUT2D eigenvalue weighted by molar-refractivity contribution is 1.28. The zero-order valence-electron chi connectivity index (χ0n) is 33.1. The van der Waals surface area contributed by atoms with Crippen LogP contribution < -0.4 is 9.80 Å². The van der Waals surface area contributed by atoms with E-state index in [2.05, 4.69) is 265 Å². The predicted octanol–water partition coefficient (Wildman–Crippen LogP) is 15.9. The molecule has 2 heteroatoms. The number of benzene rings is 10. The maximum atomic E-state index is 2.34. The molecule has 0 bridgehead atoms. The highest BCUT2D eigenvalue weighted by atomic mass is 15.1. The van der Waals surface area contributed by atoms with Gasteiger partial charge in [0.25, 0.3) is 0 Å². The first-order valence-corrected chi connectivity index (χ1v) is 20.5. The van der Waals surface area contributed by atoms with Gasteiger partial charge >= 0.3 is 0 Å². The quantitative estimate of drug-likeness (QED) is 0.128. The number of hydrogen-bond acceptors (Lipinski definition) is 2. The lowest BCUT2D eigenvalue weighted by atomic mass is 9.85. The van der Waals surface area contributed by atoms with Crippen molar-refractivity contribution in [3.63, 3.8) is 0 Å². The van der Waals surface area contributed by atoms with E-state index in [-0.39, 0.29) is 0 Å². The summed E-state index contributed by atoms with van der Waals surface area (Å²) in [5.41, 5.74) is 13.6. The third-order valence-corrected chi connectivity index (χ3v) is 11.2. The molecule has 0 fully saturated rings. The van der Waals surface area contributed by atoms with Crippen LogP contribution in [0.4, 0.5) is 34.1 Å². The molecule has 0 unspecified atom stereocenters. The summed E-state index contributed by atoms with van der Waals surface area (Å²) in [6.07, 6.45) is 0. The molecule has 0 saturated carbocycles. The Balaban J connectivity index is 1.11. The largest absolute Gasteiger partial charge is 0.310 e. The summed E-state index contributed by atoms with van der Waals surface area (Å²) in [5, 5.41) is 4.88. The minimum atomic E-state index is 1.09. The molecule has 0 amide bonds. The second-order valence-electron chi connectivity index (χ2n) is 15.0. The van der Waals surface area contributed by atoms with Crippen molar-refractivity contribution < 1.29 is 0 Å². The Morgan fingerprint density at radius 2 is 0.467 bits per heavy atom. The highest BCUT2D eigenvalue weighted by Crippen LogP contribution is 2.42. The van der Waals surface area contributed by atoms with Crippen LogP contribution in [-0.4, -0.2) is 0 Å². The number of anilines is 6. The fraction of sp³-hybridized carbons (Fsp3) is 0. The Kier molecular flexibility index (Phi) is 10.0. The summed E-state index contributed by atoms with van der Waals surface area (Å²) in [6, 6.07) is 91.5. The Morgan fingerprint density at radius 3 is 0.833 bits per heavy atom. The third kappa shape index (κ3) is 7.35. The van der Waals surface area contributed by atoms with Gasteiger partial charge in [-0.3, -0.25) is 0 Å². The van der Waals surface area contributed by atoms with Gasteiger partial charge in [0, 0.05) is 34.1 Å². The molecule has 0 atom stereocenters. The van der Waals surface area contributed by atoms with E-state index in [0.29, 0.717) is 0 Å². The van der Waals surface area contributed by atoms with Crippen LogP contribution in [0.5, 0.6) is 0 Å². The zero-order chi connectivity index (χ0) is 40.1. The van der Waals surface area contributed by atoms with Gasteiger partial charge in [0.2, 0.25) is 0 Å². The molecule has 0 radical (unpaired) electrons. The van der Waals surface area contributed by atoms with E-state index in [0.717, 1.165) is 56.4 Å². The number of nitrogens with zero attached hydrogens (tertiary/aromatic N) is 2. The van der Waals surface area contributed by atoms with Crippen molar-refractivity contribution in [2.75, 3.05) is 9.80 Å². The van der Waals surface area contributed by atoms with Gasteiger partial charge in [-0.15, -0.1) is 0 Å². The summed E-state index contributed by atoms with van der Waals surface area (Å²) >= 11 is 0. The molecule has 0 heterocycles. The summed E-state index contributed by atoms with van der Waals surface area (Å²) in [7, 11) is 0. The van der Waals surface area contributed by atoms with E-state index >= 15 is 0 Å². The van der Waals surface area contributed by atoms with Gasteiger partial charge in [-0.2, -0.15) is 0 Å². The van der Waals surface area contributed by atoms with Gasteiger partial charge in [0.1, 0.15) is 0 Å². The van der Waals surface area contributed by atoms with Crippen molar-refractivity contribution in [1.29, 1.82) is 0 Å². The third-order valence-electron chi connectivity index (χ3n) is 11.2. The van der Waals surface area contributed by atoms with Crippen LogP contribution >= 0.6 is 0 Å². The molecule has 0 spiro atoms. The SMILES string of the molecule is c1ccc(/C(=C(/c2ccccc2)c2ccc(N(c3ccccc3)c3ccc4ccccc4c3)cc2)c2ccc(N(c3ccccc3)c3ccc4ccccc4c3)cc2)cc1. The molecule has 0 aliphatic rings. The fourth-order valence-electron chi connectivity index (χ4n) is 8.35. The first-order chi connectivity index (χ1) is 29.8. The van der Waals surface area contributed by atoms with Crippen LogP contribution in [0.25, 0.3) is 32.7 Å². The molecule has 284 valence electrons. The summed E-state index contributed by atoms with van der Waals surface area (Å²) in [5.74, 6) is 0. The van der Waals surface area contributed by atoms with Crippen molar-refractivity contribution in [1.82, 2.24) is 0 Å². The smallest absolute Gasteiger partial charge is 0.0468 e. The van der Waals surface area contributed by atoms with E-state index < -0.39 is 0 Å². The Morgan fingerprint density at radius 1 is 0.200 bits per heavy atom. The molecule has 10 aromatic rings. The van der Waals surface area contributed by atoms with Crippen LogP contribution in [-0.2, 0) is 0 Å². The van der Waals surface area contributed by atoms with E-state index in [9.17, 15) is 0 Å². The van der Waals surface area contributed by atoms with E-state index in [1.807, 2.05) is 0 Å². The van der Waals surface area contributed by atoms with Crippen molar-refractivity contribution in [3.8, 4) is 0 Å². The summed E-state index contributed by atoms with van der Waals surface area (Å²) in [6.45, 7) is 0. The lowest BCUT2D eigenvalue weighted by Crippen LogP contribution is -2.10. The van der Waals surface area contributed by atoms with Crippen LogP contribution in [0, 0.1) is 0 Å². The Labute approximate surface area is 352 Å². The van der Waals surface area contributed by atoms with Gasteiger partial charge in [-0.25, -0.2) is 0 Å². The topological polar surface area (TPSA) is 6.48 Å². The zero-order valence-corrected chi connectivity index (χ0v) is 33.1. The van der Waals surface area contributed by atoms with Gasteiger partial charge in [-0.05, 0) is 128 Å². The molecule has 0 aliphatic heterocycles. The van der Waals surface area contributed by atoms with Gasteiger partial charge < -0.3 is 9.80 Å². The Bertz CT molecular complexity index is 2840. The molecular weight excluding hydrogens is 725 g/mol. The van der Waals surface area contributed by atoms with E-state index in [4.69, 9.17) is 0 Å². The molecule has 0 aliphatic carbocycles. The monoisotopic (exact) mass is 766 g/mol. The van der Waals surface area contributed by atoms with Gasteiger partial charge in [0.05, 0.1) is 0 Å². The lowest BCUT2D eigenvalue weighted by Gasteiger charge is -2.27. The fourth-order valence-corrected chi connectivity index (χ4v) is 8.35. The maximum Gasteiger partial charge on any atom is 0.0468 e. The molecule has 10 rings (SSSR count).